The molecule has 1 heterocycles. The summed E-state index contributed by atoms with van der Waals surface area (Å²) in [5, 5.41) is 0.296. The highest BCUT2D eigenvalue weighted by Crippen LogP contribution is 2.39. The maximum absolute atomic E-state index is 13.0. The van der Waals surface area contributed by atoms with Crippen molar-refractivity contribution in [3.63, 3.8) is 0 Å². The second kappa shape index (κ2) is 11.3. The highest BCUT2D eigenvalue weighted by Gasteiger charge is 2.36. The molecule has 4 rings (SSSR count). The SMILES string of the molecule is C=CCc1cc(/C=C2\SC(=O)N(c3ccccc3)C2=O)cc(OCC)c1OCc1ccccc1Cl. The van der Waals surface area contributed by atoms with Gasteiger partial charge in [-0.05, 0) is 67.1 Å². The van der Waals surface area contributed by atoms with Gasteiger partial charge in [-0.1, -0.05) is 54.1 Å². The summed E-state index contributed by atoms with van der Waals surface area (Å²) < 4.78 is 12.1. The molecule has 1 fully saturated rings. The third-order valence-electron chi connectivity index (χ3n) is 5.25. The Bertz CT molecular complexity index is 1290. The van der Waals surface area contributed by atoms with E-state index in [1.807, 2.05) is 49.4 Å². The van der Waals surface area contributed by atoms with E-state index in [9.17, 15) is 9.59 Å². The Morgan fingerprint density at radius 2 is 1.74 bits per heavy atom. The molecule has 0 unspecified atom stereocenters. The number of carbonyl (C=O) groups excluding carboxylic acids is 2. The Morgan fingerprint density at radius 3 is 2.46 bits per heavy atom. The molecular formula is C28H24ClNO4S. The molecule has 0 N–H and O–H groups in total. The van der Waals surface area contributed by atoms with E-state index in [1.54, 1.807) is 36.4 Å². The first-order chi connectivity index (χ1) is 17.0. The Morgan fingerprint density at radius 1 is 1.00 bits per heavy atom. The normalized spacial score (nSPS) is 14.5. The molecule has 7 heteroatoms. The van der Waals surface area contributed by atoms with Gasteiger partial charge in [0, 0.05) is 16.1 Å². The van der Waals surface area contributed by atoms with Gasteiger partial charge in [0.1, 0.15) is 6.61 Å². The second-order valence-corrected chi connectivity index (χ2v) is 9.07. The summed E-state index contributed by atoms with van der Waals surface area (Å²) in [6.07, 6.45) is 4.02. The number of nitrogens with zero attached hydrogens (tertiary/aromatic N) is 1. The van der Waals surface area contributed by atoms with Gasteiger partial charge < -0.3 is 9.47 Å². The minimum absolute atomic E-state index is 0.277. The fourth-order valence-corrected chi connectivity index (χ4v) is 4.72. The van der Waals surface area contributed by atoms with Crippen LogP contribution in [0.25, 0.3) is 6.08 Å². The highest BCUT2D eigenvalue weighted by atomic mass is 35.5. The predicted octanol–water partition coefficient (Wildman–Crippen LogP) is 7.29. The molecule has 3 aromatic carbocycles. The lowest BCUT2D eigenvalue weighted by atomic mass is 10.0. The number of anilines is 1. The highest BCUT2D eigenvalue weighted by molar-refractivity contribution is 8.19. The number of para-hydroxylation sites is 1. The molecular weight excluding hydrogens is 482 g/mol. The van der Waals surface area contributed by atoms with Gasteiger partial charge in [0.2, 0.25) is 0 Å². The van der Waals surface area contributed by atoms with Crippen LogP contribution >= 0.6 is 23.4 Å². The molecule has 0 aliphatic carbocycles. The van der Waals surface area contributed by atoms with Crippen LogP contribution in [-0.4, -0.2) is 17.8 Å². The number of hydrogen-bond acceptors (Lipinski definition) is 5. The van der Waals surface area contributed by atoms with E-state index in [1.165, 1.54) is 4.90 Å². The van der Waals surface area contributed by atoms with Crippen molar-refractivity contribution in [2.75, 3.05) is 11.5 Å². The molecule has 35 heavy (non-hydrogen) atoms. The van der Waals surface area contributed by atoms with Gasteiger partial charge >= 0.3 is 0 Å². The van der Waals surface area contributed by atoms with Crippen LogP contribution in [-0.2, 0) is 17.8 Å². The summed E-state index contributed by atoms with van der Waals surface area (Å²) in [5.41, 5.74) is 2.99. The van der Waals surface area contributed by atoms with Crippen LogP contribution in [0.3, 0.4) is 0 Å². The second-order valence-electron chi connectivity index (χ2n) is 7.67. The fraction of sp³-hybridized carbons (Fsp3) is 0.143. The molecule has 0 aromatic heterocycles. The summed E-state index contributed by atoms with van der Waals surface area (Å²) in [4.78, 5) is 27.1. The van der Waals surface area contributed by atoms with Crippen molar-refractivity contribution in [1.29, 1.82) is 0 Å². The number of carbonyl (C=O) groups is 2. The zero-order chi connectivity index (χ0) is 24.8. The van der Waals surface area contributed by atoms with E-state index in [-0.39, 0.29) is 17.8 Å². The number of amides is 2. The first-order valence-electron chi connectivity index (χ1n) is 11.1. The van der Waals surface area contributed by atoms with Gasteiger partial charge in [-0.3, -0.25) is 9.59 Å². The predicted molar refractivity (Wildman–Crippen MR) is 142 cm³/mol. The quantitative estimate of drug-likeness (QED) is 0.226. The van der Waals surface area contributed by atoms with Gasteiger partial charge in [0.25, 0.3) is 11.1 Å². The van der Waals surface area contributed by atoms with Gasteiger partial charge in [-0.15, -0.1) is 6.58 Å². The van der Waals surface area contributed by atoms with Crippen LogP contribution in [0.15, 0.2) is 84.3 Å². The number of rotatable bonds is 9. The summed E-state index contributed by atoms with van der Waals surface area (Å²) in [6.45, 7) is 6.46. The Balaban J connectivity index is 1.67. The largest absolute Gasteiger partial charge is 0.490 e. The maximum atomic E-state index is 13.0. The topological polar surface area (TPSA) is 55.8 Å². The zero-order valence-electron chi connectivity index (χ0n) is 19.2. The summed E-state index contributed by atoms with van der Waals surface area (Å²) >= 11 is 7.21. The van der Waals surface area contributed by atoms with E-state index in [2.05, 4.69) is 6.58 Å². The minimum Gasteiger partial charge on any atom is -0.490 e. The van der Waals surface area contributed by atoms with Crippen LogP contribution < -0.4 is 14.4 Å². The fourth-order valence-electron chi connectivity index (χ4n) is 3.68. The summed E-state index contributed by atoms with van der Waals surface area (Å²) in [7, 11) is 0. The Kier molecular flexibility index (Phi) is 7.95. The number of halogens is 1. The van der Waals surface area contributed by atoms with Gasteiger partial charge in [-0.25, -0.2) is 4.90 Å². The molecule has 1 saturated heterocycles. The molecule has 0 saturated carbocycles. The van der Waals surface area contributed by atoms with Crippen LogP contribution in [0.4, 0.5) is 10.5 Å². The van der Waals surface area contributed by atoms with Gasteiger partial charge in [0.15, 0.2) is 11.5 Å². The van der Waals surface area contributed by atoms with Crippen molar-refractivity contribution < 1.29 is 19.1 Å². The minimum atomic E-state index is -0.353. The molecule has 2 amide bonds. The lowest BCUT2D eigenvalue weighted by molar-refractivity contribution is -0.113. The standard InChI is InChI=1S/C28H24ClNO4S/c1-3-10-20-15-19(17-25-27(31)30(28(32)35-25)22-12-6-5-7-13-22)16-24(33-4-2)26(20)34-18-21-11-8-9-14-23(21)29/h3,5-9,11-17H,1,4,10,18H2,2H3/b25-17-. The molecule has 1 aliphatic rings. The van der Waals surface area contributed by atoms with Crippen molar-refractivity contribution in [2.24, 2.45) is 0 Å². The average Bonchev–Trinajstić information content (AvgIpc) is 3.13. The molecule has 5 nitrogen and oxygen atoms in total. The number of ether oxygens (including phenoxy) is 2. The maximum Gasteiger partial charge on any atom is 0.298 e. The number of hydrogen-bond donors (Lipinski definition) is 0. The molecule has 0 spiro atoms. The van der Waals surface area contributed by atoms with E-state index >= 15 is 0 Å². The van der Waals surface area contributed by atoms with Crippen molar-refractivity contribution in [2.45, 2.75) is 20.0 Å². The summed E-state index contributed by atoms with van der Waals surface area (Å²) in [6, 6.07) is 20.1. The first-order valence-corrected chi connectivity index (χ1v) is 12.3. The molecule has 0 bridgehead atoms. The number of allylic oxidation sites excluding steroid dienone is 1. The van der Waals surface area contributed by atoms with Crippen molar-refractivity contribution >= 4 is 46.3 Å². The Labute approximate surface area is 214 Å². The number of benzene rings is 3. The molecule has 0 atom stereocenters. The third kappa shape index (κ3) is 5.61. The zero-order valence-corrected chi connectivity index (χ0v) is 20.8. The van der Waals surface area contributed by atoms with Crippen LogP contribution in [0.5, 0.6) is 11.5 Å². The van der Waals surface area contributed by atoms with E-state index in [4.69, 9.17) is 21.1 Å². The lowest BCUT2D eigenvalue weighted by Gasteiger charge is -2.17. The Hall–Kier alpha value is -3.48. The van der Waals surface area contributed by atoms with Crippen molar-refractivity contribution in [3.8, 4) is 11.5 Å². The smallest absolute Gasteiger partial charge is 0.298 e. The number of imide groups is 1. The monoisotopic (exact) mass is 505 g/mol. The first kappa shape index (κ1) is 24.6. The third-order valence-corrected chi connectivity index (χ3v) is 6.49. The van der Waals surface area contributed by atoms with Gasteiger partial charge in [0.05, 0.1) is 17.2 Å². The molecule has 178 valence electrons. The average molecular weight is 506 g/mol. The molecule has 0 radical (unpaired) electrons. The van der Waals surface area contributed by atoms with Gasteiger partial charge in [-0.2, -0.15) is 0 Å². The number of thioether (sulfide) groups is 1. The van der Waals surface area contributed by atoms with E-state index in [0.29, 0.717) is 40.1 Å². The van der Waals surface area contributed by atoms with Crippen molar-refractivity contribution in [3.05, 3.63) is 106 Å². The van der Waals surface area contributed by atoms with E-state index in [0.717, 1.165) is 28.5 Å². The van der Waals surface area contributed by atoms with Crippen LogP contribution in [0, 0.1) is 0 Å². The van der Waals surface area contributed by atoms with Crippen LogP contribution in [0.2, 0.25) is 5.02 Å². The lowest BCUT2D eigenvalue weighted by Crippen LogP contribution is -2.27. The van der Waals surface area contributed by atoms with Crippen LogP contribution in [0.1, 0.15) is 23.6 Å². The van der Waals surface area contributed by atoms with E-state index < -0.39 is 0 Å². The molecule has 1 aliphatic heterocycles. The van der Waals surface area contributed by atoms with Crippen molar-refractivity contribution in [1.82, 2.24) is 0 Å². The molecule has 3 aromatic rings. The summed E-state index contributed by atoms with van der Waals surface area (Å²) in [5.74, 6) is 0.794.